The van der Waals surface area contributed by atoms with Crippen molar-refractivity contribution in [3.05, 3.63) is 23.8 Å². The molecular weight excluding hydrogens is 310 g/mol. The van der Waals surface area contributed by atoms with Crippen LogP contribution in [-0.4, -0.2) is 62.5 Å². The lowest BCUT2D eigenvalue weighted by Gasteiger charge is -2.33. The van der Waals surface area contributed by atoms with Crippen molar-refractivity contribution in [1.29, 1.82) is 0 Å². The molecule has 0 aliphatic carbocycles. The summed E-state index contributed by atoms with van der Waals surface area (Å²) < 4.78 is 22.7. The SMILES string of the molecule is O=C(c1cccc2c1OCCO2)N1CCC(OC2CCOC2)CC1. The molecule has 0 radical (unpaired) electrons. The monoisotopic (exact) mass is 333 g/mol. The second-order valence-electron chi connectivity index (χ2n) is 6.44. The Morgan fingerprint density at radius 2 is 1.88 bits per heavy atom. The number of piperidine rings is 1. The average Bonchev–Trinajstić information content (AvgIpc) is 3.14. The molecule has 0 aromatic heterocycles. The van der Waals surface area contributed by atoms with E-state index in [4.69, 9.17) is 18.9 Å². The zero-order valence-electron chi connectivity index (χ0n) is 13.7. The highest BCUT2D eigenvalue weighted by Gasteiger charge is 2.29. The van der Waals surface area contributed by atoms with Gasteiger partial charge >= 0.3 is 0 Å². The Hall–Kier alpha value is -1.79. The molecule has 0 N–H and O–H groups in total. The molecule has 130 valence electrons. The van der Waals surface area contributed by atoms with Gasteiger partial charge in [-0.2, -0.15) is 0 Å². The molecule has 3 aliphatic rings. The third-order valence-corrected chi connectivity index (χ3v) is 4.80. The number of nitrogens with zero attached hydrogens (tertiary/aromatic N) is 1. The quantitative estimate of drug-likeness (QED) is 0.845. The number of ether oxygens (including phenoxy) is 4. The summed E-state index contributed by atoms with van der Waals surface area (Å²) in [5.41, 5.74) is 0.593. The molecule has 2 saturated heterocycles. The molecule has 1 aromatic carbocycles. The van der Waals surface area contributed by atoms with E-state index in [9.17, 15) is 4.79 Å². The topological polar surface area (TPSA) is 57.2 Å². The molecule has 6 heteroatoms. The zero-order valence-corrected chi connectivity index (χ0v) is 13.7. The van der Waals surface area contributed by atoms with Crippen molar-refractivity contribution < 1.29 is 23.7 Å². The van der Waals surface area contributed by atoms with E-state index in [1.807, 2.05) is 23.1 Å². The second kappa shape index (κ2) is 6.99. The van der Waals surface area contributed by atoms with E-state index in [2.05, 4.69) is 0 Å². The minimum atomic E-state index is 0.0139. The fourth-order valence-electron chi connectivity index (χ4n) is 3.50. The van der Waals surface area contributed by atoms with E-state index >= 15 is 0 Å². The van der Waals surface area contributed by atoms with Crippen molar-refractivity contribution in [1.82, 2.24) is 4.90 Å². The number of benzene rings is 1. The Bertz CT molecular complexity index is 591. The van der Waals surface area contributed by atoms with Crippen LogP contribution in [0.4, 0.5) is 0 Å². The van der Waals surface area contributed by atoms with Gasteiger partial charge in [0.15, 0.2) is 11.5 Å². The fraction of sp³-hybridized carbons (Fsp3) is 0.611. The predicted molar refractivity (Wildman–Crippen MR) is 86.7 cm³/mol. The molecule has 0 spiro atoms. The molecule has 6 nitrogen and oxygen atoms in total. The lowest BCUT2D eigenvalue weighted by atomic mass is 10.0. The van der Waals surface area contributed by atoms with Crippen molar-refractivity contribution >= 4 is 5.91 Å². The first kappa shape index (κ1) is 15.7. The molecular formula is C18H23NO5. The average molecular weight is 333 g/mol. The van der Waals surface area contributed by atoms with Crippen LogP contribution in [0.2, 0.25) is 0 Å². The van der Waals surface area contributed by atoms with Crippen LogP contribution >= 0.6 is 0 Å². The molecule has 1 atom stereocenters. The minimum absolute atomic E-state index is 0.0139. The van der Waals surface area contributed by atoms with Crippen molar-refractivity contribution in [3.63, 3.8) is 0 Å². The van der Waals surface area contributed by atoms with E-state index in [1.54, 1.807) is 0 Å². The molecule has 24 heavy (non-hydrogen) atoms. The summed E-state index contributed by atoms with van der Waals surface area (Å²) in [5.74, 6) is 1.25. The number of para-hydroxylation sites is 1. The number of hydrogen-bond acceptors (Lipinski definition) is 5. The van der Waals surface area contributed by atoms with Gasteiger partial charge in [-0.05, 0) is 31.4 Å². The van der Waals surface area contributed by atoms with Gasteiger partial charge < -0.3 is 23.8 Å². The second-order valence-corrected chi connectivity index (χ2v) is 6.44. The number of likely N-dealkylation sites (tertiary alicyclic amines) is 1. The normalized spacial score (nSPS) is 24.2. The van der Waals surface area contributed by atoms with Gasteiger partial charge in [0, 0.05) is 19.7 Å². The van der Waals surface area contributed by atoms with Crippen molar-refractivity contribution in [2.45, 2.75) is 31.5 Å². The van der Waals surface area contributed by atoms with E-state index in [0.29, 0.717) is 50.0 Å². The summed E-state index contributed by atoms with van der Waals surface area (Å²) >= 11 is 0. The summed E-state index contributed by atoms with van der Waals surface area (Å²) in [7, 11) is 0. The highest BCUT2D eigenvalue weighted by atomic mass is 16.6. The Balaban J connectivity index is 1.38. The van der Waals surface area contributed by atoms with Crippen LogP contribution in [-0.2, 0) is 9.47 Å². The lowest BCUT2D eigenvalue weighted by molar-refractivity contribution is -0.0408. The molecule has 1 unspecified atom stereocenters. The van der Waals surface area contributed by atoms with Crippen LogP contribution in [0.25, 0.3) is 0 Å². The van der Waals surface area contributed by atoms with E-state index < -0.39 is 0 Å². The molecule has 0 saturated carbocycles. The first-order valence-electron chi connectivity index (χ1n) is 8.72. The van der Waals surface area contributed by atoms with E-state index in [-0.39, 0.29) is 18.1 Å². The van der Waals surface area contributed by atoms with Crippen LogP contribution in [0.15, 0.2) is 18.2 Å². The minimum Gasteiger partial charge on any atom is -0.486 e. The van der Waals surface area contributed by atoms with Crippen LogP contribution in [0, 0.1) is 0 Å². The number of amides is 1. The first-order valence-corrected chi connectivity index (χ1v) is 8.72. The maximum absolute atomic E-state index is 12.9. The summed E-state index contributed by atoms with van der Waals surface area (Å²) in [6.45, 7) is 3.92. The van der Waals surface area contributed by atoms with Gasteiger partial charge in [0.2, 0.25) is 0 Å². The Kier molecular flexibility index (Phi) is 4.58. The number of carbonyl (C=O) groups excluding carboxylic acids is 1. The fourth-order valence-corrected chi connectivity index (χ4v) is 3.50. The van der Waals surface area contributed by atoms with Gasteiger partial charge in [-0.1, -0.05) is 6.07 Å². The van der Waals surface area contributed by atoms with Gasteiger partial charge in [-0.3, -0.25) is 4.79 Å². The smallest absolute Gasteiger partial charge is 0.257 e. The van der Waals surface area contributed by atoms with Gasteiger partial charge in [0.05, 0.1) is 24.4 Å². The first-order chi connectivity index (χ1) is 11.8. The zero-order chi connectivity index (χ0) is 16.4. The maximum atomic E-state index is 12.9. The summed E-state index contributed by atoms with van der Waals surface area (Å²) in [4.78, 5) is 14.7. The number of rotatable bonds is 3. The largest absolute Gasteiger partial charge is 0.486 e. The standard InChI is InChI=1S/C18H23NO5/c20-18(15-2-1-3-16-17(15)23-11-10-22-16)19-7-4-13(5-8-19)24-14-6-9-21-12-14/h1-3,13-14H,4-12H2. The molecule has 0 bridgehead atoms. The van der Waals surface area contributed by atoms with Crippen LogP contribution in [0.3, 0.4) is 0 Å². The van der Waals surface area contributed by atoms with Gasteiger partial charge in [0.25, 0.3) is 5.91 Å². The summed E-state index contributed by atoms with van der Waals surface area (Å²) in [5, 5.41) is 0. The summed E-state index contributed by atoms with van der Waals surface area (Å²) in [6.07, 6.45) is 3.17. The Labute approximate surface area is 141 Å². The highest BCUT2D eigenvalue weighted by Crippen LogP contribution is 2.34. The van der Waals surface area contributed by atoms with E-state index in [0.717, 1.165) is 25.9 Å². The van der Waals surface area contributed by atoms with Gasteiger partial charge in [-0.25, -0.2) is 0 Å². The van der Waals surface area contributed by atoms with Gasteiger partial charge in [-0.15, -0.1) is 0 Å². The maximum Gasteiger partial charge on any atom is 0.257 e. The number of hydrogen-bond donors (Lipinski definition) is 0. The predicted octanol–water partition coefficient (Wildman–Crippen LogP) is 1.87. The Morgan fingerprint density at radius 1 is 1.04 bits per heavy atom. The molecule has 4 rings (SSSR count). The Morgan fingerprint density at radius 3 is 2.67 bits per heavy atom. The molecule has 3 aliphatic heterocycles. The molecule has 1 amide bonds. The third-order valence-electron chi connectivity index (χ3n) is 4.80. The van der Waals surface area contributed by atoms with Crippen LogP contribution in [0.1, 0.15) is 29.6 Å². The van der Waals surface area contributed by atoms with Crippen LogP contribution in [0.5, 0.6) is 11.5 Å². The molecule has 3 heterocycles. The van der Waals surface area contributed by atoms with Crippen molar-refractivity contribution in [2.24, 2.45) is 0 Å². The molecule has 1 aromatic rings. The van der Waals surface area contributed by atoms with E-state index in [1.165, 1.54) is 0 Å². The third kappa shape index (κ3) is 3.21. The van der Waals surface area contributed by atoms with Crippen molar-refractivity contribution in [2.75, 3.05) is 39.5 Å². The van der Waals surface area contributed by atoms with Crippen molar-refractivity contribution in [3.8, 4) is 11.5 Å². The lowest BCUT2D eigenvalue weighted by Crippen LogP contribution is -2.42. The summed E-state index contributed by atoms with van der Waals surface area (Å²) in [6, 6.07) is 5.50. The van der Waals surface area contributed by atoms with Crippen LogP contribution < -0.4 is 9.47 Å². The number of carbonyl (C=O) groups is 1. The highest BCUT2D eigenvalue weighted by molar-refractivity contribution is 5.98. The number of fused-ring (bicyclic) bond motifs is 1. The molecule has 2 fully saturated rings. The van der Waals surface area contributed by atoms with Gasteiger partial charge in [0.1, 0.15) is 13.2 Å².